The maximum absolute atomic E-state index is 4.16. The molecule has 25 heavy (non-hydrogen) atoms. The van der Waals surface area contributed by atoms with E-state index in [1.807, 2.05) is 29.1 Å². The number of aryl methyl sites for hydroxylation is 3. The number of para-hydroxylation sites is 1. The van der Waals surface area contributed by atoms with Crippen molar-refractivity contribution in [1.29, 1.82) is 0 Å². The molecule has 0 aliphatic rings. The van der Waals surface area contributed by atoms with Gasteiger partial charge in [0.25, 0.3) is 0 Å². The molecule has 0 saturated carbocycles. The van der Waals surface area contributed by atoms with Crippen LogP contribution in [0.2, 0.25) is 0 Å². The van der Waals surface area contributed by atoms with Crippen LogP contribution in [0.25, 0.3) is 11.4 Å². The van der Waals surface area contributed by atoms with Gasteiger partial charge >= 0.3 is 0 Å². The van der Waals surface area contributed by atoms with Gasteiger partial charge in [0, 0.05) is 12.4 Å². The van der Waals surface area contributed by atoms with Crippen LogP contribution in [0.15, 0.2) is 73.6 Å². The quantitative estimate of drug-likeness (QED) is 0.556. The minimum absolute atomic E-state index is 1.09. The Kier molecular flexibility index (Phi) is 5.04. The van der Waals surface area contributed by atoms with Crippen LogP contribution in [0.4, 0.5) is 0 Å². The Morgan fingerprint density at radius 3 is 2.24 bits per heavy atom. The van der Waals surface area contributed by atoms with Gasteiger partial charge in [0.2, 0.25) is 0 Å². The first-order chi connectivity index (χ1) is 12.1. The Hall–Kier alpha value is -3.21. The highest BCUT2D eigenvalue weighted by molar-refractivity contribution is 5.41. The van der Waals surface area contributed by atoms with Crippen molar-refractivity contribution in [2.75, 3.05) is 0 Å². The first-order valence-electron chi connectivity index (χ1n) is 8.13. The molecule has 0 aliphatic carbocycles. The summed E-state index contributed by atoms with van der Waals surface area (Å²) in [6, 6.07) is 16.4. The van der Waals surface area contributed by atoms with Crippen molar-refractivity contribution in [3.8, 4) is 11.4 Å². The molecule has 0 atom stereocenters. The van der Waals surface area contributed by atoms with Crippen molar-refractivity contribution < 1.29 is 0 Å². The summed E-state index contributed by atoms with van der Waals surface area (Å²) >= 11 is 0. The predicted octanol–water partition coefficient (Wildman–Crippen LogP) is 4.06. The van der Waals surface area contributed by atoms with Gasteiger partial charge < -0.3 is 0 Å². The van der Waals surface area contributed by atoms with E-state index in [2.05, 4.69) is 66.3 Å². The summed E-state index contributed by atoms with van der Waals surface area (Å²) in [5.41, 5.74) is 5.91. The Labute approximate surface area is 147 Å². The van der Waals surface area contributed by atoms with E-state index in [1.54, 1.807) is 23.5 Å². The van der Waals surface area contributed by atoms with Gasteiger partial charge in [-0.1, -0.05) is 30.3 Å². The molecule has 2 aromatic heterocycles. The van der Waals surface area contributed by atoms with Crippen molar-refractivity contribution in [2.45, 2.75) is 20.8 Å². The van der Waals surface area contributed by atoms with Gasteiger partial charge in [-0.05, 0) is 55.7 Å². The normalized spacial score (nSPS) is 10.2. The minimum Gasteiger partial charge on any atom is -0.241 e. The van der Waals surface area contributed by atoms with Crippen molar-refractivity contribution in [1.82, 2.24) is 24.5 Å². The van der Waals surface area contributed by atoms with Gasteiger partial charge in [-0.3, -0.25) is 0 Å². The molecule has 0 N–H and O–H groups in total. The molecule has 2 aromatic carbocycles. The number of benzene rings is 2. The topological polar surface area (TPSA) is 48.5 Å². The summed E-state index contributed by atoms with van der Waals surface area (Å²) in [6.45, 7) is 6.22. The van der Waals surface area contributed by atoms with Crippen LogP contribution in [0.5, 0.6) is 0 Å². The largest absolute Gasteiger partial charge is 0.241 e. The van der Waals surface area contributed by atoms with Crippen LogP contribution >= 0.6 is 0 Å². The molecule has 0 radical (unpaired) electrons. The predicted molar refractivity (Wildman–Crippen MR) is 99.1 cm³/mol. The summed E-state index contributed by atoms with van der Waals surface area (Å²) in [6.07, 6.45) is 6.98. The zero-order valence-corrected chi connectivity index (χ0v) is 14.7. The summed E-state index contributed by atoms with van der Waals surface area (Å²) < 4.78 is 3.65. The van der Waals surface area contributed by atoms with Gasteiger partial charge in [-0.15, -0.1) is 0 Å². The average Bonchev–Trinajstić information content (AvgIpc) is 3.31. The van der Waals surface area contributed by atoms with Crippen LogP contribution in [0.3, 0.4) is 0 Å². The molecule has 0 amide bonds. The molecule has 0 unspecified atom stereocenters. The molecule has 4 aromatic rings. The SMILES string of the molecule is Cc1ccc(C)c(-n2cncn2)c1.Cc1ccccc1-n1cccn1. The van der Waals surface area contributed by atoms with E-state index in [4.69, 9.17) is 0 Å². The fraction of sp³-hybridized carbons (Fsp3) is 0.150. The van der Waals surface area contributed by atoms with E-state index in [0.717, 1.165) is 11.4 Å². The second-order valence-corrected chi connectivity index (χ2v) is 5.87. The molecular formula is C20H21N5. The molecular weight excluding hydrogens is 310 g/mol. The van der Waals surface area contributed by atoms with Crippen LogP contribution in [0, 0.1) is 20.8 Å². The van der Waals surface area contributed by atoms with Crippen molar-refractivity contribution in [3.05, 3.63) is 90.3 Å². The second kappa shape index (κ2) is 7.57. The van der Waals surface area contributed by atoms with Gasteiger partial charge in [0.15, 0.2) is 0 Å². The Bertz CT molecular complexity index is 925. The Morgan fingerprint density at radius 1 is 0.760 bits per heavy atom. The van der Waals surface area contributed by atoms with Crippen molar-refractivity contribution in [2.24, 2.45) is 0 Å². The fourth-order valence-corrected chi connectivity index (χ4v) is 2.53. The summed E-state index contributed by atoms with van der Waals surface area (Å²) in [5.74, 6) is 0. The van der Waals surface area contributed by atoms with Crippen LogP contribution in [-0.4, -0.2) is 24.5 Å². The lowest BCUT2D eigenvalue weighted by atomic mass is 10.1. The van der Waals surface area contributed by atoms with Gasteiger partial charge in [0.1, 0.15) is 12.7 Å². The van der Waals surface area contributed by atoms with Crippen molar-refractivity contribution >= 4 is 0 Å². The lowest BCUT2D eigenvalue weighted by molar-refractivity contribution is 0.869. The molecule has 0 aliphatic heterocycles. The Balaban J connectivity index is 0.000000146. The first-order valence-corrected chi connectivity index (χ1v) is 8.13. The lowest BCUT2D eigenvalue weighted by Crippen LogP contribution is -1.97. The third kappa shape index (κ3) is 4.01. The fourth-order valence-electron chi connectivity index (χ4n) is 2.53. The van der Waals surface area contributed by atoms with Crippen LogP contribution in [-0.2, 0) is 0 Å². The van der Waals surface area contributed by atoms with Gasteiger partial charge in [-0.2, -0.15) is 10.2 Å². The molecule has 2 heterocycles. The third-order valence-electron chi connectivity index (χ3n) is 3.90. The highest BCUT2D eigenvalue weighted by Crippen LogP contribution is 2.13. The van der Waals surface area contributed by atoms with E-state index in [9.17, 15) is 0 Å². The van der Waals surface area contributed by atoms with E-state index >= 15 is 0 Å². The van der Waals surface area contributed by atoms with Crippen molar-refractivity contribution in [3.63, 3.8) is 0 Å². The van der Waals surface area contributed by atoms with E-state index in [1.165, 1.54) is 16.7 Å². The molecule has 126 valence electrons. The van der Waals surface area contributed by atoms with E-state index in [-0.39, 0.29) is 0 Å². The summed E-state index contributed by atoms with van der Waals surface area (Å²) in [5, 5.41) is 8.26. The molecule has 0 fully saturated rings. The number of rotatable bonds is 2. The highest BCUT2D eigenvalue weighted by Gasteiger charge is 2.00. The smallest absolute Gasteiger partial charge is 0.138 e. The summed E-state index contributed by atoms with van der Waals surface area (Å²) in [4.78, 5) is 3.92. The zero-order valence-electron chi connectivity index (χ0n) is 14.7. The number of hydrogen-bond donors (Lipinski definition) is 0. The standard InChI is InChI=1S/C10H11N3.C10H10N2/c1-8-3-4-9(2)10(5-8)13-7-11-6-12-13;1-9-5-2-3-6-10(9)12-8-4-7-11-12/h3-7H,1-2H3;2-8H,1H3. The summed E-state index contributed by atoms with van der Waals surface area (Å²) in [7, 11) is 0. The van der Waals surface area contributed by atoms with Gasteiger partial charge in [0.05, 0.1) is 11.4 Å². The molecule has 0 spiro atoms. The lowest BCUT2D eigenvalue weighted by Gasteiger charge is -2.05. The third-order valence-corrected chi connectivity index (χ3v) is 3.90. The monoisotopic (exact) mass is 331 g/mol. The average molecular weight is 331 g/mol. The van der Waals surface area contributed by atoms with E-state index < -0.39 is 0 Å². The maximum atomic E-state index is 4.16. The number of nitrogens with zero attached hydrogens (tertiary/aromatic N) is 5. The molecule has 0 saturated heterocycles. The minimum atomic E-state index is 1.09. The second-order valence-electron chi connectivity index (χ2n) is 5.87. The zero-order chi connectivity index (χ0) is 17.6. The molecule has 5 heteroatoms. The maximum Gasteiger partial charge on any atom is 0.138 e. The number of hydrogen-bond acceptors (Lipinski definition) is 3. The van der Waals surface area contributed by atoms with Crippen LogP contribution in [0.1, 0.15) is 16.7 Å². The van der Waals surface area contributed by atoms with Crippen LogP contribution < -0.4 is 0 Å². The highest BCUT2D eigenvalue weighted by atomic mass is 15.3. The Morgan fingerprint density at radius 2 is 1.56 bits per heavy atom. The molecule has 5 nitrogen and oxygen atoms in total. The first kappa shape index (κ1) is 16.6. The molecule has 0 bridgehead atoms. The van der Waals surface area contributed by atoms with E-state index in [0.29, 0.717) is 0 Å². The van der Waals surface area contributed by atoms with Gasteiger partial charge in [-0.25, -0.2) is 14.3 Å². The number of aromatic nitrogens is 5. The molecule has 4 rings (SSSR count).